The van der Waals surface area contributed by atoms with Crippen LogP contribution in [0.2, 0.25) is 0 Å². The summed E-state index contributed by atoms with van der Waals surface area (Å²) in [6.07, 6.45) is 0.592. The van der Waals surface area contributed by atoms with E-state index in [1.807, 2.05) is 30.3 Å². The number of hydrogen-bond donors (Lipinski definition) is 2. The molecule has 1 amide bonds. The van der Waals surface area contributed by atoms with Crippen LogP contribution in [0.3, 0.4) is 0 Å². The van der Waals surface area contributed by atoms with Crippen LogP contribution in [-0.4, -0.2) is 11.8 Å². The third kappa shape index (κ3) is 4.08. The van der Waals surface area contributed by atoms with E-state index in [0.717, 1.165) is 5.56 Å². The predicted octanol–water partition coefficient (Wildman–Crippen LogP) is 1.81. The maximum absolute atomic E-state index is 11.4. The van der Waals surface area contributed by atoms with Crippen molar-refractivity contribution in [1.29, 1.82) is 0 Å². The van der Waals surface area contributed by atoms with Gasteiger partial charge in [-0.3, -0.25) is 10.2 Å². The van der Waals surface area contributed by atoms with Gasteiger partial charge in [-0.25, -0.2) is 5.84 Å². The first kappa shape index (κ1) is 14.2. The Morgan fingerprint density at radius 1 is 1.40 bits per heavy atom. The molecular weight excluding hydrogens is 235 g/mol. The molecule has 15 heavy (non-hydrogen) atoms. The summed E-state index contributed by atoms with van der Waals surface area (Å²) in [4.78, 5) is 11.4. The Morgan fingerprint density at radius 2 is 2.00 bits per heavy atom. The molecule has 1 atom stereocenters. The zero-order chi connectivity index (χ0) is 10.4. The molecular formula is C10H14Cl2N2O. The van der Waals surface area contributed by atoms with Gasteiger partial charge in [0.15, 0.2) is 0 Å². The van der Waals surface area contributed by atoms with E-state index in [-0.39, 0.29) is 24.2 Å². The maximum atomic E-state index is 11.4. The van der Waals surface area contributed by atoms with Gasteiger partial charge in [0, 0.05) is 5.88 Å². The van der Waals surface area contributed by atoms with E-state index in [2.05, 4.69) is 5.43 Å². The lowest BCUT2D eigenvalue weighted by Gasteiger charge is -2.13. The van der Waals surface area contributed by atoms with Crippen LogP contribution >= 0.6 is 24.0 Å². The van der Waals surface area contributed by atoms with Crippen molar-refractivity contribution < 1.29 is 4.79 Å². The van der Waals surface area contributed by atoms with Gasteiger partial charge in [0.05, 0.1) is 5.92 Å². The Labute approximate surface area is 100 Å². The van der Waals surface area contributed by atoms with E-state index >= 15 is 0 Å². The van der Waals surface area contributed by atoms with E-state index in [0.29, 0.717) is 12.3 Å². The largest absolute Gasteiger partial charge is 0.294 e. The van der Waals surface area contributed by atoms with Crippen molar-refractivity contribution >= 4 is 29.9 Å². The van der Waals surface area contributed by atoms with E-state index in [9.17, 15) is 4.79 Å². The highest BCUT2D eigenvalue weighted by Gasteiger charge is 2.18. The van der Waals surface area contributed by atoms with Crippen molar-refractivity contribution in [1.82, 2.24) is 5.43 Å². The number of benzene rings is 1. The molecule has 1 aromatic carbocycles. The van der Waals surface area contributed by atoms with Crippen LogP contribution in [0.5, 0.6) is 0 Å². The molecule has 0 aliphatic rings. The molecule has 84 valence electrons. The molecule has 1 rings (SSSR count). The fourth-order valence-electron chi connectivity index (χ4n) is 1.34. The maximum Gasteiger partial charge on any atom is 0.241 e. The standard InChI is InChI=1S/C10H13ClN2O.ClH/c11-7-6-9(10(14)13-12)8-4-2-1-3-5-8;/h1-5,9H,6-7,12H2,(H,13,14);1H. The summed E-state index contributed by atoms with van der Waals surface area (Å²) in [5.74, 6) is 5.09. The lowest BCUT2D eigenvalue weighted by atomic mass is 9.96. The molecule has 5 heteroatoms. The van der Waals surface area contributed by atoms with Crippen LogP contribution in [0.1, 0.15) is 17.9 Å². The number of carbonyl (C=O) groups is 1. The molecule has 0 aromatic heterocycles. The Bertz CT molecular complexity index is 293. The number of alkyl halides is 1. The van der Waals surface area contributed by atoms with Gasteiger partial charge in [-0.05, 0) is 12.0 Å². The zero-order valence-corrected chi connectivity index (χ0v) is 9.72. The number of nitrogens with two attached hydrogens (primary N) is 1. The SMILES string of the molecule is Cl.NNC(=O)C(CCCl)c1ccccc1. The topological polar surface area (TPSA) is 55.1 Å². The molecule has 0 bridgehead atoms. The molecule has 0 saturated heterocycles. The van der Waals surface area contributed by atoms with Gasteiger partial charge in [0.1, 0.15) is 0 Å². The number of halogens is 2. The van der Waals surface area contributed by atoms with Crippen molar-refractivity contribution in [3.05, 3.63) is 35.9 Å². The number of hydrazine groups is 1. The van der Waals surface area contributed by atoms with Gasteiger partial charge in [0.2, 0.25) is 5.91 Å². The van der Waals surface area contributed by atoms with Crippen LogP contribution in [0.15, 0.2) is 30.3 Å². The van der Waals surface area contributed by atoms with Crippen molar-refractivity contribution in [2.24, 2.45) is 5.84 Å². The van der Waals surface area contributed by atoms with Gasteiger partial charge in [0.25, 0.3) is 0 Å². The highest BCUT2D eigenvalue weighted by atomic mass is 35.5. The fourth-order valence-corrected chi connectivity index (χ4v) is 1.56. The van der Waals surface area contributed by atoms with Crippen molar-refractivity contribution in [2.75, 3.05) is 5.88 Å². The highest BCUT2D eigenvalue weighted by Crippen LogP contribution is 2.19. The quantitative estimate of drug-likeness (QED) is 0.370. The summed E-state index contributed by atoms with van der Waals surface area (Å²) < 4.78 is 0. The third-order valence-electron chi connectivity index (χ3n) is 2.06. The minimum atomic E-state index is -0.251. The minimum absolute atomic E-state index is 0. The monoisotopic (exact) mass is 248 g/mol. The van der Waals surface area contributed by atoms with Gasteiger partial charge >= 0.3 is 0 Å². The van der Waals surface area contributed by atoms with Gasteiger partial charge in [-0.2, -0.15) is 0 Å². The Balaban J connectivity index is 0.00000196. The van der Waals surface area contributed by atoms with Gasteiger partial charge < -0.3 is 0 Å². The van der Waals surface area contributed by atoms with E-state index in [1.54, 1.807) is 0 Å². The third-order valence-corrected chi connectivity index (χ3v) is 2.28. The Kier molecular flexibility index (Phi) is 7.13. The molecule has 0 saturated carbocycles. The van der Waals surface area contributed by atoms with Crippen LogP contribution in [0, 0.1) is 0 Å². The lowest BCUT2D eigenvalue weighted by molar-refractivity contribution is -0.122. The summed E-state index contributed by atoms with van der Waals surface area (Å²) in [5, 5.41) is 0. The fraction of sp³-hybridized carbons (Fsp3) is 0.300. The Hall–Kier alpha value is -0.770. The normalized spacial score (nSPS) is 11.3. The first-order valence-electron chi connectivity index (χ1n) is 4.41. The van der Waals surface area contributed by atoms with Crippen molar-refractivity contribution in [3.63, 3.8) is 0 Å². The van der Waals surface area contributed by atoms with Gasteiger partial charge in [-0.15, -0.1) is 24.0 Å². The number of amides is 1. The second kappa shape index (κ2) is 7.51. The number of rotatable bonds is 4. The molecule has 3 N–H and O–H groups in total. The van der Waals surface area contributed by atoms with E-state index in [1.165, 1.54) is 0 Å². The molecule has 1 aromatic rings. The van der Waals surface area contributed by atoms with Crippen LogP contribution < -0.4 is 11.3 Å². The minimum Gasteiger partial charge on any atom is -0.294 e. The van der Waals surface area contributed by atoms with Crippen molar-refractivity contribution in [2.45, 2.75) is 12.3 Å². The molecule has 3 nitrogen and oxygen atoms in total. The number of nitrogens with one attached hydrogen (secondary N) is 1. The number of hydrogen-bond acceptors (Lipinski definition) is 2. The molecule has 0 heterocycles. The zero-order valence-electron chi connectivity index (χ0n) is 8.15. The van der Waals surface area contributed by atoms with Crippen LogP contribution in [0.25, 0.3) is 0 Å². The molecule has 0 spiro atoms. The lowest BCUT2D eigenvalue weighted by Crippen LogP contribution is -2.35. The average molecular weight is 249 g/mol. The summed E-state index contributed by atoms with van der Waals surface area (Å²) in [6.45, 7) is 0. The molecule has 0 fully saturated rings. The first-order valence-corrected chi connectivity index (χ1v) is 4.94. The van der Waals surface area contributed by atoms with Crippen molar-refractivity contribution in [3.8, 4) is 0 Å². The predicted molar refractivity (Wildman–Crippen MR) is 64.1 cm³/mol. The summed E-state index contributed by atoms with van der Waals surface area (Å²) in [6, 6.07) is 9.47. The smallest absolute Gasteiger partial charge is 0.241 e. The summed E-state index contributed by atoms with van der Waals surface area (Å²) in [7, 11) is 0. The highest BCUT2D eigenvalue weighted by molar-refractivity contribution is 6.18. The van der Waals surface area contributed by atoms with E-state index in [4.69, 9.17) is 17.4 Å². The molecule has 1 unspecified atom stereocenters. The summed E-state index contributed by atoms with van der Waals surface area (Å²) >= 11 is 5.63. The second-order valence-corrected chi connectivity index (χ2v) is 3.33. The van der Waals surface area contributed by atoms with Gasteiger partial charge in [-0.1, -0.05) is 30.3 Å². The molecule has 0 aliphatic carbocycles. The molecule has 0 aliphatic heterocycles. The second-order valence-electron chi connectivity index (χ2n) is 2.95. The first-order chi connectivity index (χ1) is 6.79. The summed E-state index contributed by atoms with van der Waals surface area (Å²) in [5.41, 5.74) is 3.09. The Morgan fingerprint density at radius 3 is 2.47 bits per heavy atom. The average Bonchev–Trinajstić information content (AvgIpc) is 2.26. The van der Waals surface area contributed by atoms with Crippen LogP contribution in [0.4, 0.5) is 0 Å². The van der Waals surface area contributed by atoms with E-state index < -0.39 is 0 Å². The molecule has 0 radical (unpaired) electrons. The van der Waals surface area contributed by atoms with Crippen LogP contribution in [-0.2, 0) is 4.79 Å². The number of carbonyl (C=O) groups excluding carboxylic acids is 1.